The van der Waals surface area contributed by atoms with Crippen LogP contribution < -0.4 is 5.32 Å². The minimum Gasteiger partial charge on any atom is -0.389 e. The van der Waals surface area contributed by atoms with Gasteiger partial charge in [-0.1, -0.05) is 50.2 Å². The molecule has 1 aliphatic rings. The molecule has 0 aliphatic carbocycles. The lowest BCUT2D eigenvalue weighted by molar-refractivity contribution is 0.0303. The summed E-state index contributed by atoms with van der Waals surface area (Å²) in [5, 5.41) is 2.88. The van der Waals surface area contributed by atoms with E-state index in [2.05, 4.69) is 30.6 Å². The van der Waals surface area contributed by atoms with Gasteiger partial charge in [0.25, 0.3) is 5.92 Å². The average molecular weight is 288 g/mol. The van der Waals surface area contributed by atoms with Gasteiger partial charge < -0.3 is 5.32 Å². The van der Waals surface area contributed by atoms with E-state index < -0.39 is 5.92 Å². The van der Waals surface area contributed by atoms with E-state index in [0.29, 0.717) is 6.42 Å². The number of fused-ring (bicyclic) bond motifs is 1. The number of hydrogen-bond acceptors (Lipinski definition) is 1. The van der Waals surface area contributed by atoms with Crippen LogP contribution in [0.3, 0.4) is 0 Å². The molecule has 1 nitrogen and oxygen atoms in total. The molecule has 0 amide bonds. The molecule has 1 aromatic carbocycles. The summed E-state index contributed by atoms with van der Waals surface area (Å²) >= 11 is 0. The van der Waals surface area contributed by atoms with Crippen molar-refractivity contribution < 1.29 is 8.78 Å². The van der Waals surface area contributed by atoms with Crippen molar-refractivity contribution >= 4 is 12.9 Å². The zero-order chi connectivity index (χ0) is 15.6. The maximum atomic E-state index is 13.6. The van der Waals surface area contributed by atoms with E-state index in [9.17, 15) is 8.78 Å². The van der Waals surface area contributed by atoms with Crippen molar-refractivity contribution in [1.29, 1.82) is 0 Å². The third kappa shape index (κ3) is 3.37. The second-order valence-electron chi connectivity index (χ2n) is 5.65. The van der Waals surface area contributed by atoms with Gasteiger partial charge in [-0.15, -0.1) is 0 Å². The Morgan fingerprint density at radius 1 is 1.43 bits per heavy atom. The lowest BCUT2D eigenvalue weighted by atomic mass is 9.57. The normalized spacial score (nSPS) is 17.6. The minimum atomic E-state index is -2.85. The molecular weight excluding hydrogens is 267 g/mol. The van der Waals surface area contributed by atoms with Crippen LogP contribution in [-0.2, 0) is 12.7 Å². The molecular formula is C17H21BF2N. The van der Waals surface area contributed by atoms with Crippen molar-refractivity contribution in [1.82, 2.24) is 5.32 Å². The summed E-state index contributed by atoms with van der Waals surface area (Å²) in [5.74, 6) is -2.95. The van der Waals surface area contributed by atoms with E-state index in [0.717, 1.165) is 11.9 Å². The molecule has 1 unspecified atom stereocenters. The SMILES string of the molecule is C=C(C)c1cccc2c1C[B]C(NC(=C)C(F)(F)CC)C2. The molecule has 4 heteroatoms. The fourth-order valence-corrected chi connectivity index (χ4v) is 2.70. The summed E-state index contributed by atoms with van der Waals surface area (Å²) in [6.07, 6.45) is 1.23. The van der Waals surface area contributed by atoms with Crippen LogP contribution in [0.1, 0.15) is 37.0 Å². The lowest BCUT2D eigenvalue weighted by Crippen LogP contribution is -2.44. The number of alkyl halides is 2. The predicted octanol–water partition coefficient (Wildman–Crippen LogP) is 3.95. The van der Waals surface area contributed by atoms with E-state index in [-0.39, 0.29) is 18.1 Å². The molecule has 1 aliphatic heterocycles. The first-order chi connectivity index (χ1) is 9.85. The summed E-state index contributed by atoms with van der Waals surface area (Å²) in [6, 6.07) is 6.12. The van der Waals surface area contributed by atoms with Crippen molar-refractivity contribution in [3.8, 4) is 0 Å². The molecule has 0 saturated carbocycles. The smallest absolute Gasteiger partial charge is 0.286 e. The van der Waals surface area contributed by atoms with Crippen LogP contribution in [0.25, 0.3) is 5.57 Å². The lowest BCUT2D eigenvalue weighted by Gasteiger charge is -2.30. The number of allylic oxidation sites excluding steroid dienone is 2. The van der Waals surface area contributed by atoms with Crippen molar-refractivity contribution in [2.75, 3.05) is 0 Å². The highest BCUT2D eigenvalue weighted by atomic mass is 19.3. The largest absolute Gasteiger partial charge is 0.389 e. The van der Waals surface area contributed by atoms with Crippen LogP contribution in [-0.4, -0.2) is 19.1 Å². The Hall–Kier alpha value is -1.58. The molecule has 1 heterocycles. The Labute approximate surface area is 126 Å². The van der Waals surface area contributed by atoms with E-state index in [1.807, 2.05) is 20.3 Å². The third-order valence-electron chi connectivity index (χ3n) is 4.02. The van der Waals surface area contributed by atoms with Crippen LogP contribution in [0.4, 0.5) is 8.78 Å². The van der Waals surface area contributed by atoms with E-state index in [4.69, 9.17) is 0 Å². The molecule has 1 atom stereocenters. The number of halogens is 2. The van der Waals surface area contributed by atoms with Crippen LogP contribution in [0.5, 0.6) is 0 Å². The predicted molar refractivity (Wildman–Crippen MR) is 85.6 cm³/mol. The molecule has 2 rings (SSSR count). The average Bonchev–Trinajstić information content (AvgIpc) is 2.46. The molecule has 0 aromatic heterocycles. The highest BCUT2D eigenvalue weighted by molar-refractivity contribution is 6.38. The second kappa shape index (κ2) is 6.04. The van der Waals surface area contributed by atoms with Gasteiger partial charge in [0.05, 0.1) is 5.70 Å². The van der Waals surface area contributed by atoms with Gasteiger partial charge in [-0.2, -0.15) is 8.78 Å². The monoisotopic (exact) mass is 288 g/mol. The van der Waals surface area contributed by atoms with Crippen LogP contribution in [0.2, 0.25) is 0 Å². The van der Waals surface area contributed by atoms with Crippen molar-refractivity contribution in [2.24, 2.45) is 0 Å². The van der Waals surface area contributed by atoms with Gasteiger partial charge >= 0.3 is 0 Å². The maximum absolute atomic E-state index is 13.6. The van der Waals surface area contributed by atoms with Crippen molar-refractivity contribution in [3.05, 3.63) is 53.7 Å². The van der Waals surface area contributed by atoms with Gasteiger partial charge in [0.2, 0.25) is 0 Å². The molecule has 0 bridgehead atoms. The van der Waals surface area contributed by atoms with Crippen LogP contribution in [0, 0.1) is 0 Å². The molecule has 0 saturated heterocycles. The van der Waals surface area contributed by atoms with E-state index >= 15 is 0 Å². The highest BCUT2D eigenvalue weighted by Crippen LogP contribution is 2.28. The quantitative estimate of drug-likeness (QED) is 0.809. The van der Waals surface area contributed by atoms with Gasteiger partial charge in [-0.25, -0.2) is 0 Å². The number of benzene rings is 1. The summed E-state index contributed by atoms with van der Waals surface area (Å²) < 4.78 is 27.2. The molecule has 1 N–H and O–H groups in total. The zero-order valence-corrected chi connectivity index (χ0v) is 12.7. The first kappa shape index (κ1) is 15.8. The summed E-state index contributed by atoms with van der Waals surface area (Å²) in [4.78, 5) is 0. The Morgan fingerprint density at radius 2 is 2.14 bits per heavy atom. The Bertz CT molecular complexity index is 566. The maximum Gasteiger partial charge on any atom is 0.286 e. The minimum absolute atomic E-state index is 0.0946. The van der Waals surface area contributed by atoms with Gasteiger partial charge in [0, 0.05) is 6.42 Å². The van der Waals surface area contributed by atoms with Gasteiger partial charge in [0.1, 0.15) is 7.28 Å². The topological polar surface area (TPSA) is 12.0 Å². The summed E-state index contributed by atoms with van der Waals surface area (Å²) in [5.41, 5.74) is 4.47. The van der Waals surface area contributed by atoms with Gasteiger partial charge in [0.15, 0.2) is 0 Å². The first-order valence-corrected chi connectivity index (χ1v) is 7.29. The van der Waals surface area contributed by atoms with Crippen molar-refractivity contribution in [2.45, 2.75) is 44.9 Å². The number of nitrogens with one attached hydrogen (secondary N) is 1. The third-order valence-corrected chi connectivity index (χ3v) is 4.02. The number of hydrogen-bond donors (Lipinski definition) is 1. The molecule has 0 spiro atoms. The molecule has 1 radical (unpaired) electrons. The van der Waals surface area contributed by atoms with Gasteiger partial charge in [-0.3, -0.25) is 0 Å². The standard InChI is InChI=1S/C17H21BF2N/c1-5-17(19,20)12(4)21-16-9-13-7-6-8-14(11(2)3)15(13)10-18-16/h6-8,16,21H,2,4-5,9-10H2,1,3H3. The van der Waals surface area contributed by atoms with E-state index in [1.165, 1.54) is 23.6 Å². The first-order valence-electron chi connectivity index (χ1n) is 7.29. The van der Waals surface area contributed by atoms with Crippen LogP contribution in [0.15, 0.2) is 37.1 Å². The fraction of sp³-hybridized carbons (Fsp3) is 0.412. The molecule has 21 heavy (non-hydrogen) atoms. The summed E-state index contributed by atoms with van der Waals surface area (Å²) in [7, 11) is 2.05. The van der Waals surface area contributed by atoms with Crippen molar-refractivity contribution in [3.63, 3.8) is 0 Å². The fourth-order valence-electron chi connectivity index (χ4n) is 2.70. The molecule has 1 aromatic rings. The zero-order valence-electron chi connectivity index (χ0n) is 12.7. The Morgan fingerprint density at radius 3 is 2.76 bits per heavy atom. The molecule has 0 fully saturated rings. The second-order valence-corrected chi connectivity index (χ2v) is 5.65. The van der Waals surface area contributed by atoms with Gasteiger partial charge in [-0.05, 0) is 36.0 Å². The Kier molecular flexibility index (Phi) is 4.55. The van der Waals surface area contributed by atoms with Crippen LogP contribution >= 0.6 is 0 Å². The highest BCUT2D eigenvalue weighted by Gasteiger charge is 2.32. The number of rotatable bonds is 5. The Balaban J connectivity index is 2.12. The van der Waals surface area contributed by atoms with E-state index in [1.54, 1.807) is 0 Å². The molecule has 111 valence electrons. The summed E-state index contributed by atoms with van der Waals surface area (Å²) in [6.45, 7) is 11.0.